The zero-order valence-electron chi connectivity index (χ0n) is 13.6. The van der Waals surface area contributed by atoms with E-state index in [4.69, 9.17) is 4.74 Å². The molecular formula is C15H32N2O2. The Bertz CT molecular complexity index is 257. The molecule has 0 saturated carbocycles. The molecule has 0 bridgehead atoms. The molecule has 0 heterocycles. The van der Waals surface area contributed by atoms with Gasteiger partial charge in [-0.25, -0.2) is 0 Å². The van der Waals surface area contributed by atoms with E-state index in [2.05, 4.69) is 37.9 Å². The highest BCUT2D eigenvalue weighted by Gasteiger charge is 2.34. The van der Waals surface area contributed by atoms with Gasteiger partial charge in [-0.15, -0.1) is 0 Å². The fraction of sp³-hybridized carbons (Fsp3) is 0.933. The lowest BCUT2D eigenvalue weighted by molar-refractivity contribution is -0.148. The van der Waals surface area contributed by atoms with Crippen molar-refractivity contribution in [2.75, 3.05) is 26.7 Å². The molecule has 0 aliphatic heterocycles. The van der Waals surface area contributed by atoms with Crippen molar-refractivity contribution < 1.29 is 9.53 Å². The van der Waals surface area contributed by atoms with Crippen LogP contribution < -0.4 is 5.32 Å². The summed E-state index contributed by atoms with van der Waals surface area (Å²) in [4.78, 5) is 14.4. The fourth-order valence-corrected chi connectivity index (χ4v) is 2.50. The molecule has 4 nitrogen and oxygen atoms in total. The molecule has 1 unspecified atom stereocenters. The van der Waals surface area contributed by atoms with Crippen LogP contribution in [-0.2, 0) is 9.53 Å². The van der Waals surface area contributed by atoms with Crippen molar-refractivity contribution in [3.8, 4) is 0 Å². The number of nitrogens with zero attached hydrogens (tertiary/aromatic N) is 1. The summed E-state index contributed by atoms with van der Waals surface area (Å²) < 4.78 is 4.93. The third-order valence-electron chi connectivity index (χ3n) is 3.38. The minimum absolute atomic E-state index is 0.167. The van der Waals surface area contributed by atoms with E-state index in [-0.39, 0.29) is 12.0 Å². The molecule has 0 aromatic rings. The average Bonchev–Trinajstić information content (AvgIpc) is 2.35. The van der Waals surface area contributed by atoms with Crippen LogP contribution in [0.15, 0.2) is 0 Å². The van der Waals surface area contributed by atoms with Crippen LogP contribution in [0, 0.1) is 0 Å². The maximum Gasteiger partial charge on any atom is 0.325 e. The van der Waals surface area contributed by atoms with Crippen LogP contribution in [0.4, 0.5) is 0 Å². The molecule has 4 heteroatoms. The highest BCUT2D eigenvalue weighted by molar-refractivity contribution is 5.80. The number of hydrogen-bond donors (Lipinski definition) is 1. The molecular weight excluding hydrogens is 240 g/mol. The lowest BCUT2D eigenvalue weighted by Gasteiger charge is -2.31. The molecule has 0 radical (unpaired) electrons. The minimum atomic E-state index is -0.575. The van der Waals surface area contributed by atoms with E-state index in [0.717, 1.165) is 32.5 Å². The molecule has 0 amide bonds. The van der Waals surface area contributed by atoms with Crippen LogP contribution in [0.3, 0.4) is 0 Å². The summed E-state index contributed by atoms with van der Waals surface area (Å²) >= 11 is 0. The molecule has 0 fully saturated rings. The second-order valence-corrected chi connectivity index (χ2v) is 5.66. The molecule has 0 saturated heterocycles. The lowest BCUT2D eigenvalue weighted by Crippen LogP contribution is -2.53. The molecule has 0 rings (SSSR count). The zero-order chi connectivity index (χ0) is 14.9. The van der Waals surface area contributed by atoms with E-state index in [1.165, 1.54) is 13.5 Å². The van der Waals surface area contributed by atoms with Crippen molar-refractivity contribution in [1.29, 1.82) is 0 Å². The Labute approximate surface area is 118 Å². The van der Waals surface area contributed by atoms with E-state index in [1.54, 1.807) is 0 Å². The Morgan fingerprint density at radius 1 is 1.32 bits per heavy atom. The van der Waals surface area contributed by atoms with Crippen molar-refractivity contribution in [2.24, 2.45) is 0 Å². The molecule has 0 aromatic heterocycles. The Morgan fingerprint density at radius 3 is 2.37 bits per heavy atom. The number of carbonyl (C=O) groups is 1. The summed E-state index contributed by atoms with van der Waals surface area (Å²) in [5, 5.41) is 3.34. The van der Waals surface area contributed by atoms with Gasteiger partial charge in [0.2, 0.25) is 0 Å². The summed E-state index contributed by atoms with van der Waals surface area (Å²) in [5.41, 5.74) is -0.575. The van der Waals surface area contributed by atoms with E-state index in [1.807, 2.05) is 6.92 Å². The Hall–Kier alpha value is -0.610. The third-order valence-corrected chi connectivity index (χ3v) is 3.38. The first-order valence-corrected chi connectivity index (χ1v) is 7.48. The van der Waals surface area contributed by atoms with E-state index < -0.39 is 5.54 Å². The summed E-state index contributed by atoms with van der Waals surface area (Å²) in [7, 11) is 1.46. The monoisotopic (exact) mass is 272 g/mol. The van der Waals surface area contributed by atoms with E-state index in [0.29, 0.717) is 0 Å². The first kappa shape index (κ1) is 18.4. The number of ether oxygens (including phenoxy) is 1. The van der Waals surface area contributed by atoms with Crippen molar-refractivity contribution in [3.63, 3.8) is 0 Å². The van der Waals surface area contributed by atoms with E-state index in [9.17, 15) is 4.79 Å². The molecule has 1 N–H and O–H groups in total. The molecule has 1 atom stereocenters. The highest BCUT2D eigenvalue weighted by Crippen LogP contribution is 2.16. The number of methoxy groups -OCH3 is 1. The van der Waals surface area contributed by atoms with Gasteiger partial charge in [-0.05, 0) is 59.7 Å². The van der Waals surface area contributed by atoms with Gasteiger partial charge in [0.25, 0.3) is 0 Å². The van der Waals surface area contributed by atoms with Gasteiger partial charge >= 0.3 is 5.97 Å². The maximum absolute atomic E-state index is 11.9. The number of nitrogens with one attached hydrogen (secondary N) is 1. The largest absolute Gasteiger partial charge is 0.468 e. The van der Waals surface area contributed by atoms with Crippen LogP contribution in [0.25, 0.3) is 0 Å². The van der Waals surface area contributed by atoms with Gasteiger partial charge in [0, 0.05) is 6.04 Å². The summed E-state index contributed by atoms with van der Waals surface area (Å²) in [6.07, 6.45) is 2.98. The number of hydrogen-bond acceptors (Lipinski definition) is 4. The molecule has 0 aromatic carbocycles. The summed E-state index contributed by atoms with van der Waals surface area (Å²) in [6.45, 7) is 13.7. The topological polar surface area (TPSA) is 41.6 Å². The first-order valence-electron chi connectivity index (χ1n) is 7.48. The predicted molar refractivity (Wildman–Crippen MR) is 80.3 cm³/mol. The Morgan fingerprint density at radius 2 is 1.95 bits per heavy atom. The molecule has 0 spiro atoms. The van der Waals surface area contributed by atoms with Crippen LogP contribution in [0.5, 0.6) is 0 Å². The standard InChI is InChI=1S/C15H32N2O2/c1-7-11-17(8-2)12-9-10-15(5,14(18)19-6)16-13(3)4/h13,16H,7-12H2,1-6H3. The molecule has 0 aliphatic rings. The van der Waals surface area contributed by atoms with Gasteiger partial charge in [-0.2, -0.15) is 0 Å². The van der Waals surface area contributed by atoms with Crippen LogP contribution >= 0.6 is 0 Å². The van der Waals surface area contributed by atoms with E-state index >= 15 is 0 Å². The van der Waals surface area contributed by atoms with Gasteiger partial charge < -0.3 is 9.64 Å². The van der Waals surface area contributed by atoms with Gasteiger partial charge in [-0.1, -0.05) is 13.8 Å². The van der Waals surface area contributed by atoms with Crippen molar-refractivity contribution in [1.82, 2.24) is 10.2 Å². The molecule has 0 aliphatic carbocycles. The fourth-order valence-electron chi connectivity index (χ4n) is 2.50. The normalized spacial score (nSPS) is 14.7. The van der Waals surface area contributed by atoms with Crippen molar-refractivity contribution in [2.45, 2.75) is 65.5 Å². The summed E-state index contributed by atoms with van der Waals surface area (Å²) in [5.74, 6) is -0.167. The van der Waals surface area contributed by atoms with Gasteiger partial charge in [0.1, 0.15) is 5.54 Å². The number of rotatable bonds is 10. The second-order valence-electron chi connectivity index (χ2n) is 5.66. The Kier molecular flexibility index (Phi) is 9.02. The zero-order valence-corrected chi connectivity index (χ0v) is 13.6. The van der Waals surface area contributed by atoms with Crippen molar-refractivity contribution in [3.05, 3.63) is 0 Å². The van der Waals surface area contributed by atoms with Gasteiger partial charge in [-0.3, -0.25) is 10.1 Å². The maximum atomic E-state index is 11.9. The predicted octanol–water partition coefficient (Wildman–Crippen LogP) is 2.43. The van der Waals surface area contributed by atoms with Crippen molar-refractivity contribution >= 4 is 5.97 Å². The molecule has 19 heavy (non-hydrogen) atoms. The van der Waals surface area contributed by atoms with Gasteiger partial charge in [0.05, 0.1) is 7.11 Å². The number of esters is 1. The quantitative estimate of drug-likeness (QED) is 0.620. The second kappa shape index (κ2) is 9.32. The van der Waals surface area contributed by atoms with Gasteiger partial charge in [0.15, 0.2) is 0 Å². The summed E-state index contributed by atoms with van der Waals surface area (Å²) in [6, 6.07) is 0.266. The highest BCUT2D eigenvalue weighted by atomic mass is 16.5. The Balaban J connectivity index is 4.37. The lowest BCUT2D eigenvalue weighted by atomic mass is 9.94. The molecule has 114 valence electrons. The first-order chi connectivity index (χ1) is 8.89. The van der Waals surface area contributed by atoms with Crippen LogP contribution in [0.2, 0.25) is 0 Å². The van der Waals surface area contributed by atoms with Crippen LogP contribution in [-0.4, -0.2) is 49.2 Å². The van der Waals surface area contributed by atoms with Crippen LogP contribution in [0.1, 0.15) is 53.9 Å². The SMILES string of the molecule is CCCN(CC)CCCC(C)(NC(C)C)C(=O)OC. The number of carbonyl (C=O) groups excluding carboxylic acids is 1. The smallest absolute Gasteiger partial charge is 0.325 e. The minimum Gasteiger partial charge on any atom is -0.468 e. The average molecular weight is 272 g/mol. The third kappa shape index (κ3) is 6.92.